The number of rotatable bonds is 3. The maximum atomic E-state index is 11.7. The minimum Gasteiger partial charge on any atom is -0.464 e. The highest BCUT2D eigenvalue weighted by molar-refractivity contribution is 6.84. The summed E-state index contributed by atoms with van der Waals surface area (Å²) in [7, 11) is -3.10. The van der Waals surface area contributed by atoms with E-state index in [1.807, 2.05) is 0 Å². The molecule has 0 spiro atoms. The smallest absolute Gasteiger partial charge is 0.340 e. The zero-order valence-corrected chi connectivity index (χ0v) is 16.1. The van der Waals surface area contributed by atoms with Crippen molar-refractivity contribution in [2.24, 2.45) is 0 Å². The van der Waals surface area contributed by atoms with Gasteiger partial charge in [0, 0.05) is 11.6 Å². The summed E-state index contributed by atoms with van der Waals surface area (Å²) in [6.07, 6.45) is 0.192. The van der Waals surface area contributed by atoms with E-state index >= 15 is 0 Å². The van der Waals surface area contributed by atoms with Crippen LogP contribution in [0.2, 0.25) is 39.3 Å². The molecule has 1 atom stereocenters. The lowest BCUT2D eigenvalue weighted by Crippen LogP contribution is -2.25. The molecule has 0 aromatic heterocycles. The summed E-state index contributed by atoms with van der Waals surface area (Å²) in [6.45, 7) is 14.6. The van der Waals surface area contributed by atoms with Crippen LogP contribution in [0.25, 0.3) is 0 Å². The molecule has 0 radical (unpaired) electrons. The van der Waals surface area contributed by atoms with Crippen LogP contribution in [0, 0.1) is 22.9 Å². The minimum atomic E-state index is -1.60. The fourth-order valence-electron chi connectivity index (χ4n) is 1.12. The largest absolute Gasteiger partial charge is 0.464 e. The van der Waals surface area contributed by atoms with Gasteiger partial charge in [0.1, 0.15) is 16.1 Å². The summed E-state index contributed by atoms with van der Waals surface area (Å²) in [4.78, 5) is 11.7. The van der Waals surface area contributed by atoms with Crippen molar-refractivity contribution >= 4 is 22.1 Å². The van der Waals surface area contributed by atoms with Crippen LogP contribution in [-0.4, -0.2) is 39.9 Å². The first-order valence-electron chi connectivity index (χ1n) is 7.07. The van der Waals surface area contributed by atoms with E-state index in [0.29, 0.717) is 5.57 Å². The zero-order valence-electron chi connectivity index (χ0n) is 14.1. The molecule has 5 heteroatoms. The third-order valence-corrected chi connectivity index (χ3v) is 3.83. The van der Waals surface area contributed by atoms with Crippen molar-refractivity contribution in [3.05, 3.63) is 11.6 Å². The van der Waals surface area contributed by atoms with E-state index in [1.165, 1.54) is 0 Å². The average Bonchev–Trinajstić information content (AvgIpc) is 2.30. The van der Waals surface area contributed by atoms with Gasteiger partial charge in [-0.15, -0.1) is 11.1 Å². The summed E-state index contributed by atoms with van der Waals surface area (Å²) in [6, 6.07) is 0. The van der Waals surface area contributed by atoms with Crippen molar-refractivity contribution in [2.45, 2.75) is 52.3 Å². The number of hydrogen-bond donors (Lipinski definition) is 1. The van der Waals surface area contributed by atoms with Crippen LogP contribution in [0.15, 0.2) is 11.6 Å². The van der Waals surface area contributed by atoms with Gasteiger partial charge in [0.15, 0.2) is 6.10 Å². The molecule has 0 bridgehead atoms. The Kier molecular flexibility index (Phi) is 7.74. The highest BCUT2D eigenvalue weighted by Crippen LogP contribution is 2.06. The van der Waals surface area contributed by atoms with Gasteiger partial charge < -0.3 is 9.84 Å². The second-order valence-electron chi connectivity index (χ2n) is 6.77. The number of aliphatic hydroxyl groups excluding tert-OH is 1. The average molecular weight is 323 g/mol. The SMILES string of the molecule is CCOC(=O)C(O)/C(C#C[Si](C)(C)C)=C\C#C[Si](C)(C)C. The van der Waals surface area contributed by atoms with Gasteiger partial charge in [0.05, 0.1) is 6.61 Å². The Morgan fingerprint density at radius 3 is 2.10 bits per heavy atom. The number of carbonyl (C=O) groups excluding carboxylic acids is 1. The van der Waals surface area contributed by atoms with Crippen molar-refractivity contribution in [2.75, 3.05) is 6.61 Å². The van der Waals surface area contributed by atoms with E-state index in [9.17, 15) is 9.90 Å². The summed E-state index contributed by atoms with van der Waals surface area (Å²) >= 11 is 0. The normalized spacial score (nSPS) is 13.4. The molecule has 21 heavy (non-hydrogen) atoms. The van der Waals surface area contributed by atoms with E-state index < -0.39 is 28.2 Å². The Labute approximate surface area is 130 Å². The zero-order chi connectivity index (χ0) is 16.7. The topological polar surface area (TPSA) is 46.5 Å². The van der Waals surface area contributed by atoms with Gasteiger partial charge >= 0.3 is 5.97 Å². The Hall–Kier alpha value is -1.28. The lowest BCUT2D eigenvalue weighted by Gasteiger charge is -2.10. The van der Waals surface area contributed by atoms with Gasteiger partial charge in [-0.3, -0.25) is 0 Å². The van der Waals surface area contributed by atoms with Crippen molar-refractivity contribution in [1.29, 1.82) is 0 Å². The van der Waals surface area contributed by atoms with E-state index in [0.717, 1.165) is 0 Å². The molecule has 1 unspecified atom stereocenters. The highest BCUT2D eigenvalue weighted by atomic mass is 28.3. The molecule has 0 aliphatic carbocycles. The number of hydrogen-bond acceptors (Lipinski definition) is 3. The fraction of sp³-hybridized carbons (Fsp3) is 0.562. The lowest BCUT2D eigenvalue weighted by molar-refractivity contribution is -0.150. The van der Waals surface area contributed by atoms with Crippen molar-refractivity contribution in [3.63, 3.8) is 0 Å². The van der Waals surface area contributed by atoms with Gasteiger partial charge in [-0.1, -0.05) is 51.1 Å². The predicted molar refractivity (Wildman–Crippen MR) is 93.0 cm³/mol. The molecule has 116 valence electrons. The van der Waals surface area contributed by atoms with E-state index in [2.05, 4.69) is 62.2 Å². The molecule has 0 heterocycles. The third kappa shape index (κ3) is 10.1. The van der Waals surface area contributed by atoms with Gasteiger partial charge in [0.25, 0.3) is 0 Å². The number of aliphatic hydroxyl groups is 1. The van der Waals surface area contributed by atoms with Crippen LogP contribution in [0.4, 0.5) is 0 Å². The summed E-state index contributed by atoms with van der Waals surface area (Å²) < 4.78 is 4.84. The van der Waals surface area contributed by atoms with Crippen LogP contribution < -0.4 is 0 Å². The van der Waals surface area contributed by atoms with Crippen LogP contribution >= 0.6 is 0 Å². The summed E-state index contributed by atoms with van der Waals surface area (Å²) in [5, 5.41) is 10.0. The molecule has 1 N–H and O–H groups in total. The quantitative estimate of drug-likeness (QED) is 0.493. The molecule has 3 nitrogen and oxygen atoms in total. The highest BCUT2D eigenvalue weighted by Gasteiger charge is 2.20. The fourth-order valence-corrected chi connectivity index (χ4v) is 2.15. The van der Waals surface area contributed by atoms with Crippen molar-refractivity contribution in [1.82, 2.24) is 0 Å². The second-order valence-corrected chi connectivity index (χ2v) is 16.3. The number of ether oxygens (including phenoxy) is 1. The van der Waals surface area contributed by atoms with Crippen LogP contribution in [0.3, 0.4) is 0 Å². The maximum Gasteiger partial charge on any atom is 0.340 e. The lowest BCUT2D eigenvalue weighted by atomic mass is 10.1. The van der Waals surface area contributed by atoms with Gasteiger partial charge in [-0.05, 0) is 6.92 Å². The van der Waals surface area contributed by atoms with E-state index in [1.54, 1.807) is 13.0 Å². The molecule has 0 aromatic rings. The van der Waals surface area contributed by atoms with Crippen LogP contribution in [-0.2, 0) is 9.53 Å². The molecule has 0 fully saturated rings. The Morgan fingerprint density at radius 2 is 1.67 bits per heavy atom. The molecule has 0 rings (SSSR count). The molecule has 0 saturated heterocycles. The number of carbonyl (C=O) groups is 1. The second kappa shape index (κ2) is 8.24. The summed E-state index contributed by atoms with van der Waals surface area (Å²) in [5.41, 5.74) is 6.63. The molecule has 0 saturated carbocycles. The Bertz CT molecular complexity index is 514. The predicted octanol–water partition coefficient (Wildman–Crippen LogP) is 2.60. The standard InChI is InChI=1S/C16H26O3Si2/c1-8-19-16(18)15(17)14(11-13-21(5,6)7)10-9-12-20(2,3)4/h10,15,17H,8H2,1-7H3/b14-10-. The Balaban J connectivity index is 5.45. The first-order valence-corrected chi connectivity index (χ1v) is 14.1. The van der Waals surface area contributed by atoms with Gasteiger partial charge in [-0.2, -0.15) is 0 Å². The molecule has 0 aliphatic rings. The van der Waals surface area contributed by atoms with Gasteiger partial charge in [-0.25, -0.2) is 4.79 Å². The van der Waals surface area contributed by atoms with E-state index in [-0.39, 0.29) is 6.61 Å². The van der Waals surface area contributed by atoms with Gasteiger partial charge in [0.2, 0.25) is 0 Å². The molecular weight excluding hydrogens is 296 g/mol. The monoisotopic (exact) mass is 322 g/mol. The van der Waals surface area contributed by atoms with Crippen LogP contribution in [0.1, 0.15) is 6.92 Å². The summed E-state index contributed by atoms with van der Waals surface area (Å²) in [5.74, 6) is 5.18. The Morgan fingerprint density at radius 1 is 1.14 bits per heavy atom. The number of allylic oxidation sites excluding steroid dienone is 1. The van der Waals surface area contributed by atoms with Crippen molar-refractivity contribution in [3.8, 4) is 22.9 Å². The van der Waals surface area contributed by atoms with Crippen molar-refractivity contribution < 1.29 is 14.6 Å². The minimum absolute atomic E-state index is 0.227. The maximum absolute atomic E-state index is 11.7. The third-order valence-electron chi connectivity index (χ3n) is 2.06. The molecular formula is C16H26O3Si2. The van der Waals surface area contributed by atoms with Crippen LogP contribution in [0.5, 0.6) is 0 Å². The molecule has 0 aromatic carbocycles. The molecule has 0 aliphatic heterocycles. The first kappa shape index (κ1) is 19.7. The first-order chi connectivity index (χ1) is 9.46. The van der Waals surface area contributed by atoms with E-state index in [4.69, 9.17) is 4.74 Å². The molecule has 0 amide bonds. The number of esters is 1.